The van der Waals surface area contributed by atoms with Gasteiger partial charge in [0.1, 0.15) is 5.75 Å². The van der Waals surface area contributed by atoms with Crippen LogP contribution in [-0.2, 0) is 4.79 Å². The van der Waals surface area contributed by atoms with Crippen molar-refractivity contribution >= 4 is 11.6 Å². The number of rotatable bonds is 5. The van der Waals surface area contributed by atoms with Gasteiger partial charge >= 0.3 is 0 Å². The topological polar surface area (TPSA) is 41.6 Å². The molecule has 2 aromatic rings. The minimum Gasteiger partial charge on any atom is -0.497 e. The van der Waals surface area contributed by atoms with Crippen LogP contribution in [0.2, 0.25) is 0 Å². The zero-order chi connectivity index (χ0) is 16.9. The summed E-state index contributed by atoms with van der Waals surface area (Å²) in [5, 5.41) is 3.03. The summed E-state index contributed by atoms with van der Waals surface area (Å²) in [6, 6.07) is 16.3. The first-order valence-corrected chi connectivity index (χ1v) is 8.41. The number of benzene rings is 2. The molecule has 1 saturated heterocycles. The van der Waals surface area contributed by atoms with E-state index in [0.717, 1.165) is 36.4 Å². The molecule has 4 heteroatoms. The lowest BCUT2D eigenvalue weighted by Crippen LogP contribution is -2.33. The van der Waals surface area contributed by atoms with E-state index in [2.05, 4.69) is 22.3 Å². The van der Waals surface area contributed by atoms with E-state index < -0.39 is 0 Å². The number of likely N-dealkylation sites (tertiary alicyclic amines) is 1. The Bertz CT molecular complexity index is 697. The molecule has 24 heavy (non-hydrogen) atoms. The van der Waals surface area contributed by atoms with Gasteiger partial charge in [-0.3, -0.25) is 9.69 Å². The van der Waals surface area contributed by atoms with Gasteiger partial charge in [-0.2, -0.15) is 0 Å². The number of para-hydroxylation sites is 1. The highest BCUT2D eigenvalue weighted by atomic mass is 16.5. The van der Waals surface area contributed by atoms with Crippen molar-refractivity contribution in [1.29, 1.82) is 0 Å². The fourth-order valence-electron chi connectivity index (χ4n) is 3.31. The second kappa shape index (κ2) is 7.49. The summed E-state index contributed by atoms with van der Waals surface area (Å²) in [5.41, 5.74) is 3.22. The Morgan fingerprint density at radius 3 is 2.67 bits per heavy atom. The van der Waals surface area contributed by atoms with Gasteiger partial charge < -0.3 is 10.1 Å². The lowest BCUT2D eigenvalue weighted by molar-refractivity contribution is -0.117. The molecule has 1 aliphatic heterocycles. The van der Waals surface area contributed by atoms with Crippen LogP contribution in [0.5, 0.6) is 5.75 Å². The van der Waals surface area contributed by atoms with E-state index in [1.165, 1.54) is 5.56 Å². The summed E-state index contributed by atoms with van der Waals surface area (Å²) in [6.07, 6.45) is 2.21. The molecule has 1 atom stereocenters. The van der Waals surface area contributed by atoms with Crippen LogP contribution in [-0.4, -0.2) is 31.0 Å². The van der Waals surface area contributed by atoms with Crippen molar-refractivity contribution in [2.24, 2.45) is 0 Å². The summed E-state index contributed by atoms with van der Waals surface area (Å²) < 4.78 is 5.22. The Morgan fingerprint density at radius 1 is 1.21 bits per heavy atom. The molecule has 3 rings (SSSR count). The molecule has 0 aromatic heterocycles. The van der Waals surface area contributed by atoms with E-state index in [0.29, 0.717) is 12.6 Å². The molecule has 2 aromatic carbocycles. The Balaban J connectivity index is 1.65. The zero-order valence-electron chi connectivity index (χ0n) is 14.3. The van der Waals surface area contributed by atoms with Crippen LogP contribution in [0.15, 0.2) is 48.5 Å². The van der Waals surface area contributed by atoms with Gasteiger partial charge in [-0.1, -0.05) is 30.3 Å². The number of amides is 1. The fourth-order valence-corrected chi connectivity index (χ4v) is 3.31. The molecule has 1 fully saturated rings. The van der Waals surface area contributed by atoms with Gasteiger partial charge in [0.25, 0.3) is 0 Å². The van der Waals surface area contributed by atoms with Crippen molar-refractivity contribution in [1.82, 2.24) is 4.90 Å². The first kappa shape index (κ1) is 16.5. The van der Waals surface area contributed by atoms with Gasteiger partial charge in [0.2, 0.25) is 5.91 Å². The van der Waals surface area contributed by atoms with Crippen LogP contribution in [0.4, 0.5) is 5.69 Å². The standard InChI is InChI=1S/C20H24N2O2/c1-15-6-3-4-7-18(15)21-20(23)14-22-13-5-8-19(22)16-9-11-17(24-2)12-10-16/h3-4,6-7,9-12,19H,5,8,13-14H2,1-2H3,(H,21,23)/t19-/m0/s1. The smallest absolute Gasteiger partial charge is 0.238 e. The van der Waals surface area contributed by atoms with Gasteiger partial charge in [-0.25, -0.2) is 0 Å². The first-order chi connectivity index (χ1) is 11.7. The number of methoxy groups -OCH3 is 1. The molecule has 0 radical (unpaired) electrons. The Kier molecular flexibility index (Phi) is 5.16. The maximum atomic E-state index is 12.4. The van der Waals surface area contributed by atoms with Gasteiger partial charge in [-0.15, -0.1) is 0 Å². The van der Waals surface area contributed by atoms with E-state index >= 15 is 0 Å². The lowest BCUT2D eigenvalue weighted by Gasteiger charge is -2.24. The number of ether oxygens (including phenoxy) is 1. The van der Waals surface area contributed by atoms with Gasteiger partial charge in [0.05, 0.1) is 13.7 Å². The molecule has 4 nitrogen and oxygen atoms in total. The second-order valence-corrected chi connectivity index (χ2v) is 6.26. The molecule has 1 heterocycles. The predicted octanol–water partition coefficient (Wildman–Crippen LogP) is 3.78. The fraction of sp³-hybridized carbons (Fsp3) is 0.350. The molecule has 1 amide bonds. The van der Waals surface area contributed by atoms with E-state index in [9.17, 15) is 4.79 Å². The summed E-state index contributed by atoms with van der Waals surface area (Å²) >= 11 is 0. The number of nitrogens with one attached hydrogen (secondary N) is 1. The number of anilines is 1. The molecule has 1 N–H and O–H groups in total. The zero-order valence-corrected chi connectivity index (χ0v) is 14.3. The first-order valence-electron chi connectivity index (χ1n) is 8.41. The Labute approximate surface area is 143 Å². The van der Waals surface area contributed by atoms with Crippen LogP contribution in [0, 0.1) is 6.92 Å². The van der Waals surface area contributed by atoms with Crippen LogP contribution in [0.25, 0.3) is 0 Å². The number of nitrogens with zero attached hydrogens (tertiary/aromatic N) is 1. The molecule has 126 valence electrons. The molecule has 1 aliphatic rings. The second-order valence-electron chi connectivity index (χ2n) is 6.26. The summed E-state index contributed by atoms with van der Waals surface area (Å²) in [6.45, 7) is 3.38. The van der Waals surface area contributed by atoms with Gasteiger partial charge in [0, 0.05) is 11.7 Å². The normalized spacial score (nSPS) is 17.7. The quantitative estimate of drug-likeness (QED) is 0.910. The summed E-state index contributed by atoms with van der Waals surface area (Å²) in [4.78, 5) is 14.7. The molecular weight excluding hydrogens is 300 g/mol. The van der Waals surface area contributed by atoms with Crippen LogP contribution in [0.1, 0.15) is 30.0 Å². The number of hydrogen-bond acceptors (Lipinski definition) is 3. The van der Waals surface area contributed by atoms with Crippen molar-refractivity contribution < 1.29 is 9.53 Å². The van der Waals surface area contributed by atoms with Crippen LogP contribution in [0.3, 0.4) is 0 Å². The van der Waals surface area contributed by atoms with Gasteiger partial charge in [0.15, 0.2) is 0 Å². The average Bonchev–Trinajstić information content (AvgIpc) is 3.05. The van der Waals surface area contributed by atoms with E-state index in [-0.39, 0.29) is 5.91 Å². The number of carbonyl (C=O) groups excluding carboxylic acids is 1. The van der Waals surface area contributed by atoms with Crippen molar-refractivity contribution in [3.05, 3.63) is 59.7 Å². The SMILES string of the molecule is COc1ccc([C@@H]2CCCN2CC(=O)Nc2ccccc2C)cc1. The number of hydrogen-bond donors (Lipinski definition) is 1. The van der Waals surface area contributed by atoms with E-state index in [1.54, 1.807) is 7.11 Å². The van der Waals surface area contributed by atoms with Crippen molar-refractivity contribution in [3.8, 4) is 5.75 Å². The van der Waals surface area contributed by atoms with Crippen molar-refractivity contribution in [2.75, 3.05) is 25.5 Å². The maximum Gasteiger partial charge on any atom is 0.238 e. The minimum atomic E-state index is 0.0460. The van der Waals surface area contributed by atoms with Crippen molar-refractivity contribution in [2.45, 2.75) is 25.8 Å². The van der Waals surface area contributed by atoms with Crippen molar-refractivity contribution in [3.63, 3.8) is 0 Å². The van der Waals surface area contributed by atoms with Crippen LogP contribution >= 0.6 is 0 Å². The minimum absolute atomic E-state index is 0.0460. The monoisotopic (exact) mass is 324 g/mol. The highest BCUT2D eigenvalue weighted by Gasteiger charge is 2.27. The lowest BCUT2D eigenvalue weighted by atomic mass is 10.0. The molecule has 0 spiro atoms. The molecule has 0 aliphatic carbocycles. The van der Waals surface area contributed by atoms with E-state index in [1.807, 2.05) is 43.3 Å². The van der Waals surface area contributed by atoms with Crippen LogP contribution < -0.4 is 10.1 Å². The van der Waals surface area contributed by atoms with Gasteiger partial charge in [-0.05, 0) is 55.6 Å². The predicted molar refractivity (Wildman–Crippen MR) is 96.4 cm³/mol. The molecular formula is C20H24N2O2. The number of carbonyl (C=O) groups is 1. The Hall–Kier alpha value is -2.33. The summed E-state index contributed by atoms with van der Waals surface area (Å²) in [7, 11) is 1.67. The number of aryl methyl sites for hydroxylation is 1. The molecule has 0 unspecified atom stereocenters. The largest absolute Gasteiger partial charge is 0.497 e. The highest BCUT2D eigenvalue weighted by Crippen LogP contribution is 2.32. The maximum absolute atomic E-state index is 12.4. The third kappa shape index (κ3) is 3.77. The van der Waals surface area contributed by atoms with E-state index in [4.69, 9.17) is 4.74 Å². The Morgan fingerprint density at radius 2 is 1.96 bits per heavy atom. The molecule has 0 bridgehead atoms. The highest BCUT2D eigenvalue weighted by molar-refractivity contribution is 5.93. The average molecular weight is 324 g/mol. The third-order valence-electron chi connectivity index (χ3n) is 4.63. The third-order valence-corrected chi connectivity index (χ3v) is 4.63. The molecule has 0 saturated carbocycles. The summed E-state index contributed by atoms with van der Waals surface area (Å²) in [5.74, 6) is 0.908.